The van der Waals surface area contributed by atoms with Crippen molar-refractivity contribution in [3.8, 4) is 17.6 Å². The van der Waals surface area contributed by atoms with Crippen LogP contribution in [0.1, 0.15) is 30.0 Å². The van der Waals surface area contributed by atoms with Gasteiger partial charge in [-0.25, -0.2) is 0 Å². The summed E-state index contributed by atoms with van der Waals surface area (Å²) in [6, 6.07) is 4.98. The van der Waals surface area contributed by atoms with Crippen LogP contribution in [0.15, 0.2) is 12.1 Å². The molecule has 0 aromatic heterocycles. The third kappa shape index (κ3) is 2.63. The highest BCUT2D eigenvalue weighted by atomic mass is 35.5. The Morgan fingerprint density at radius 3 is 2.65 bits per heavy atom. The van der Waals surface area contributed by atoms with Gasteiger partial charge in [0.15, 0.2) is 11.5 Å². The van der Waals surface area contributed by atoms with Crippen LogP contribution in [-0.2, 0) is 0 Å². The van der Waals surface area contributed by atoms with Gasteiger partial charge in [-0.2, -0.15) is 5.26 Å². The number of nitrogens with zero attached hydrogens (tertiary/aromatic N) is 1. The van der Waals surface area contributed by atoms with Gasteiger partial charge < -0.3 is 15.6 Å². The first-order chi connectivity index (χ1) is 7.67. The van der Waals surface area contributed by atoms with E-state index in [1.807, 2.05) is 6.07 Å². The Morgan fingerprint density at radius 2 is 2.18 bits per heavy atom. The molecule has 1 aromatic rings. The van der Waals surface area contributed by atoms with E-state index in [-0.39, 0.29) is 24.2 Å². The maximum atomic E-state index is 9.94. The van der Waals surface area contributed by atoms with E-state index >= 15 is 0 Å². The van der Waals surface area contributed by atoms with Crippen molar-refractivity contribution in [1.29, 1.82) is 5.26 Å². The lowest BCUT2D eigenvalue weighted by Gasteiger charge is -2.15. The Balaban J connectivity index is 0.00000144. The van der Waals surface area contributed by atoms with Crippen LogP contribution in [0.5, 0.6) is 11.5 Å². The fraction of sp³-hybridized carbons (Fsp3) is 0.417. The molecule has 92 valence electrons. The summed E-state index contributed by atoms with van der Waals surface area (Å²) in [5, 5.41) is 18.8. The van der Waals surface area contributed by atoms with Gasteiger partial charge in [-0.3, -0.25) is 0 Å². The lowest BCUT2D eigenvalue weighted by Crippen LogP contribution is -2.13. The molecule has 5 heteroatoms. The Morgan fingerprint density at radius 1 is 1.53 bits per heavy atom. The van der Waals surface area contributed by atoms with Gasteiger partial charge in [0, 0.05) is 17.7 Å². The van der Waals surface area contributed by atoms with Crippen molar-refractivity contribution < 1.29 is 9.84 Å². The summed E-state index contributed by atoms with van der Waals surface area (Å²) in [7, 11) is 1.46. The van der Waals surface area contributed by atoms with E-state index < -0.39 is 0 Å². The van der Waals surface area contributed by atoms with Crippen LogP contribution >= 0.6 is 12.4 Å². The molecule has 0 amide bonds. The second-order valence-electron chi connectivity index (χ2n) is 4.09. The van der Waals surface area contributed by atoms with Gasteiger partial charge in [0.2, 0.25) is 0 Å². The van der Waals surface area contributed by atoms with E-state index in [0.717, 1.165) is 12.8 Å². The molecule has 0 unspecified atom stereocenters. The number of ether oxygens (including phenoxy) is 1. The number of benzene rings is 1. The highest BCUT2D eigenvalue weighted by Gasteiger charge is 2.32. The van der Waals surface area contributed by atoms with Gasteiger partial charge >= 0.3 is 0 Å². The number of hydrogen-bond donors (Lipinski definition) is 2. The minimum atomic E-state index is -0.206. The summed E-state index contributed by atoms with van der Waals surface area (Å²) < 4.78 is 5.02. The molecule has 1 aromatic carbocycles. The third-order valence-electron chi connectivity index (χ3n) is 2.94. The topological polar surface area (TPSA) is 79.3 Å². The summed E-state index contributed by atoms with van der Waals surface area (Å²) >= 11 is 0. The van der Waals surface area contributed by atoms with Crippen molar-refractivity contribution in [3.63, 3.8) is 0 Å². The molecule has 1 saturated carbocycles. The average Bonchev–Trinajstić information content (AvgIpc) is 3.12. The van der Waals surface area contributed by atoms with Crippen LogP contribution < -0.4 is 10.5 Å². The van der Waals surface area contributed by atoms with Crippen molar-refractivity contribution in [2.24, 2.45) is 11.7 Å². The molecule has 2 rings (SSSR count). The maximum Gasteiger partial charge on any atom is 0.162 e. The zero-order valence-electron chi connectivity index (χ0n) is 9.51. The van der Waals surface area contributed by atoms with E-state index in [4.69, 9.17) is 15.7 Å². The lowest BCUT2D eigenvalue weighted by molar-refractivity contribution is 0.367. The Kier molecular flexibility index (Phi) is 4.22. The molecule has 1 atom stereocenters. The largest absolute Gasteiger partial charge is 0.504 e. The second kappa shape index (κ2) is 5.26. The Hall–Kier alpha value is -1.44. The molecule has 0 bridgehead atoms. The first kappa shape index (κ1) is 13.6. The predicted octanol–water partition coefficient (Wildman–Crippen LogP) is 2.10. The molecule has 1 aliphatic carbocycles. The first-order valence-electron chi connectivity index (χ1n) is 5.24. The molecule has 0 heterocycles. The average molecular weight is 255 g/mol. The number of halogens is 1. The molecule has 0 radical (unpaired) electrons. The molecule has 0 spiro atoms. The van der Waals surface area contributed by atoms with E-state index in [9.17, 15) is 5.11 Å². The molecule has 4 nitrogen and oxygen atoms in total. The van der Waals surface area contributed by atoms with Crippen LogP contribution in [-0.4, -0.2) is 12.2 Å². The van der Waals surface area contributed by atoms with Crippen LogP contribution in [0.25, 0.3) is 0 Å². The van der Waals surface area contributed by atoms with E-state index in [1.165, 1.54) is 13.2 Å². The Labute approximate surface area is 106 Å². The minimum Gasteiger partial charge on any atom is -0.504 e. The van der Waals surface area contributed by atoms with E-state index in [2.05, 4.69) is 0 Å². The smallest absolute Gasteiger partial charge is 0.162 e. The quantitative estimate of drug-likeness (QED) is 0.866. The standard InChI is InChI=1S/C12H14N2O2.ClH/c1-16-10-5-7(6-13)4-9(12(10)15)11(14)8-2-3-8;/h4-5,8,11,15H,2-3,14H2,1H3;1H/t11-;/m0./s1. The maximum absolute atomic E-state index is 9.94. The molecule has 1 fully saturated rings. The number of methoxy groups -OCH3 is 1. The van der Waals surface area contributed by atoms with Crippen molar-refractivity contribution >= 4 is 12.4 Å². The Bertz CT molecular complexity index is 453. The predicted molar refractivity (Wildman–Crippen MR) is 66.3 cm³/mol. The van der Waals surface area contributed by atoms with Crippen LogP contribution in [0.4, 0.5) is 0 Å². The van der Waals surface area contributed by atoms with Gasteiger partial charge in [0.25, 0.3) is 0 Å². The number of phenols is 1. The van der Waals surface area contributed by atoms with Crippen molar-refractivity contribution in [2.45, 2.75) is 18.9 Å². The molecule has 17 heavy (non-hydrogen) atoms. The second-order valence-corrected chi connectivity index (χ2v) is 4.09. The molecule has 0 saturated heterocycles. The number of aromatic hydroxyl groups is 1. The summed E-state index contributed by atoms with van der Waals surface area (Å²) in [5.41, 5.74) is 7.09. The van der Waals surface area contributed by atoms with Crippen LogP contribution in [0.3, 0.4) is 0 Å². The number of rotatable bonds is 3. The van der Waals surface area contributed by atoms with Crippen molar-refractivity contribution in [1.82, 2.24) is 0 Å². The SMILES string of the molecule is COc1cc(C#N)cc([C@@H](N)C2CC2)c1O.Cl. The summed E-state index contributed by atoms with van der Waals surface area (Å²) in [6.07, 6.45) is 2.17. The summed E-state index contributed by atoms with van der Waals surface area (Å²) in [6.45, 7) is 0. The summed E-state index contributed by atoms with van der Waals surface area (Å²) in [5.74, 6) is 0.788. The fourth-order valence-corrected chi connectivity index (χ4v) is 1.81. The van der Waals surface area contributed by atoms with Gasteiger partial charge in [-0.15, -0.1) is 12.4 Å². The van der Waals surface area contributed by atoms with E-state index in [0.29, 0.717) is 22.8 Å². The van der Waals surface area contributed by atoms with Gasteiger partial charge in [-0.05, 0) is 24.8 Å². The number of nitriles is 1. The number of phenolic OH excluding ortho intramolecular Hbond substituents is 1. The highest BCUT2D eigenvalue weighted by Crippen LogP contribution is 2.44. The monoisotopic (exact) mass is 254 g/mol. The molecule has 1 aliphatic rings. The van der Waals surface area contributed by atoms with Gasteiger partial charge in [0.1, 0.15) is 0 Å². The minimum absolute atomic E-state index is 0. The lowest BCUT2D eigenvalue weighted by atomic mass is 9.99. The van der Waals surface area contributed by atoms with Crippen LogP contribution in [0.2, 0.25) is 0 Å². The number of nitrogens with two attached hydrogens (primary N) is 1. The third-order valence-corrected chi connectivity index (χ3v) is 2.94. The van der Waals surface area contributed by atoms with Crippen LogP contribution in [0, 0.1) is 17.2 Å². The fourth-order valence-electron chi connectivity index (χ4n) is 1.81. The normalized spacial score (nSPS) is 15.6. The molecular formula is C12H15ClN2O2. The zero-order chi connectivity index (χ0) is 11.7. The number of hydrogen-bond acceptors (Lipinski definition) is 4. The van der Waals surface area contributed by atoms with Gasteiger partial charge in [0.05, 0.1) is 18.7 Å². The summed E-state index contributed by atoms with van der Waals surface area (Å²) in [4.78, 5) is 0. The first-order valence-corrected chi connectivity index (χ1v) is 5.24. The molecule has 3 N–H and O–H groups in total. The highest BCUT2D eigenvalue weighted by molar-refractivity contribution is 5.85. The van der Waals surface area contributed by atoms with Crippen molar-refractivity contribution in [2.75, 3.05) is 7.11 Å². The zero-order valence-corrected chi connectivity index (χ0v) is 10.3. The van der Waals surface area contributed by atoms with Gasteiger partial charge in [-0.1, -0.05) is 0 Å². The molecular weight excluding hydrogens is 240 g/mol. The molecule has 0 aliphatic heterocycles. The van der Waals surface area contributed by atoms with Crippen molar-refractivity contribution in [3.05, 3.63) is 23.3 Å². The van der Waals surface area contributed by atoms with E-state index in [1.54, 1.807) is 6.07 Å².